The van der Waals surface area contributed by atoms with Gasteiger partial charge in [-0.3, -0.25) is 9.55 Å². The van der Waals surface area contributed by atoms with Crippen molar-refractivity contribution in [3.05, 3.63) is 188 Å². The molecule has 0 fully saturated rings. The normalized spacial score (nSPS) is 12.1. The number of rotatable bonds is 4. The standard InChI is InChI=1S/C53H31N5O/c1-3-14-32(15-4-1)49-37-19-7-10-22-42(37)55-53(56-49)58-45-28-26-34(33-25-27-44-40(30-33)36-18-8-11-23-43(36)57(44)35-16-5-2-6-17-35)31-41(45)47-39-21-13-29-54-50(39)48-38-20-9-12-24-46(38)59-52(48)51(47)58/h1-31H. The van der Waals surface area contributed by atoms with Crippen molar-refractivity contribution in [2.24, 2.45) is 0 Å². The minimum atomic E-state index is 0.579. The summed E-state index contributed by atoms with van der Waals surface area (Å²) in [5.41, 5.74) is 12.9. The number of para-hydroxylation sites is 4. The molecule has 0 N–H and O–H groups in total. The lowest BCUT2D eigenvalue weighted by Gasteiger charge is -2.12. The van der Waals surface area contributed by atoms with Gasteiger partial charge in [-0.15, -0.1) is 0 Å². The maximum absolute atomic E-state index is 6.89. The van der Waals surface area contributed by atoms with Gasteiger partial charge in [0, 0.05) is 55.2 Å². The molecule has 0 saturated heterocycles. The van der Waals surface area contributed by atoms with Crippen LogP contribution < -0.4 is 0 Å². The molecule has 0 aliphatic rings. The molecule has 0 radical (unpaired) electrons. The Morgan fingerprint density at radius 1 is 0.424 bits per heavy atom. The van der Waals surface area contributed by atoms with Gasteiger partial charge in [0.1, 0.15) is 11.1 Å². The number of hydrogen-bond donors (Lipinski definition) is 0. The molecule has 8 aromatic carbocycles. The van der Waals surface area contributed by atoms with Crippen LogP contribution in [0.5, 0.6) is 0 Å². The Kier molecular flexibility index (Phi) is 6.63. The smallest absolute Gasteiger partial charge is 0.235 e. The third kappa shape index (κ3) is 4.59. The van der Waals surface area contributed by atoms with E-state index in [-0.39, 0.29) is 0 Å². The van der Waals surface area contributed by atoms with Crippen molar-refractivity contribution >= 4 is 87.4 Å². The lowest BCUT2D eigenvalue weighted by Crippen LogP contribution is -2.03. The highest BCUT2D eigenvalue weighted by Crippen LogP contribution is 2.46. The van der Waals surface area contributed by atoms with E-state index in [1.807, 2.05) is 42.6 Å². The first kappa shape index (κ1) is 32.0. The van der Waals surface area contributed by atoms with Crippen LogP contribution in [-0.2, 0) is 0 Å². The molecule has 13 aromatic rings. The van der Waals surface area contributed by atoms with E-state index in [0.29, 0.717) is 5.95 Å². The molecule has 6 nitrogen and oxygen atoms in total. The molecule has 0 aliphatic heterocycles. The first-order valence-electron chi connectivity index (χ1n) is 19.9. The Morgan fingerprint density at radius 2 is 1.07 bits per heavy atom. The molecular weight excluding hydrogens is 723 g/mol. The lowest BCUT2D eigenvalue weighted by molar-refractivity contribution is 0.671. The molecular formula is C53H31N5O. The Balaban J connectivity index is 1.15. The van der Waals surface area contributed by atoms with Gasteiger partial charge >= 0.3 is 0 Å². The maximum atomic E-state index is 6.89. The molecule has 0 aliphatic carbocycles. The fraction of sp³-hybridized carbons (Fsp3) is 0. The lowest BCUT2D eigenvalue weighted by atomic mass is 9.98. The molecule has 0 amide bonds. The van der Waals surface area contributed by atoms with Crippen molar-refractivity contribution < 1.29 is 4.42 Å². The van der Waals surface area contributed by atoms with Crippen LogP contribution in [0.25, 0.3) is 121 Å². The van der Waals surface area contributed by atoms with Crippen LogP contribution in [0, 0.1) is 0 Å². The number of furan rings is 1. The predicted octanol–water partition coefficient (Wildman–Crippen LogP) is 13.6. The summed E-state index contributed by atoms with van der Waals surface area (Å²) >= 11 is 0. The van der Waals surface area contributed by atoms with Gasteiger partial charge in [-0.2, -0.15) is 0 Å². The van der Waals surface area contributed by atoms with Crippen LogP contribution >= 0.6 is 0 Å². The van der Waals surface area contributed by atoms with Gasteiger partial charge in [0.25, 0.3) is 0 Å². The van der Waals surface area contributed by atoms with Gasteiger partial charge in [0.2, 0.25) is 5.95 Å². The number of pyridine rings is 1. The monoisotopic (exact) mass is 753 g/mol. The van der Waals surface area contributed by atoms with Crippen LogP contribution in [0.3, 0.4) is 0 Å². The summed E-state index contributed by atoms with van der Waals surface area (Å²) in [5, 5.41) is 8.61. The quantitative estimate of drug-likeness (QED) is 0.180. The summed E-state index contributed by atoms with van der Waals surface area (Å²) in [7, 11) is 0. The second-order valence-corrected chi connectivity index (χ2v) is 15.2. The van der Waals surface area contributed by atoms with Gasteiger partial charge in [0.05, 0.1) is 38.7 Å². The van der Waals surface area contributed by atoms with E-state index in [2.05, 4.69) is 155 Å². The van der Waals surface area contributed by atoms with E-state index >= 15 is 0 Å². The second kappa shape index (κ2) is 12.2. The Morgan fingerprint density at radius 3 is 1.90 bits per heavy atom. The topological polar surface area (TPSA) is 61.7 Å². The third-order valence-corrected chi connectivity index (χ3v) is 12.0. The van der Waals surface area contributed by atoms with E-state index in [1.165, 1.54) is 21.8 Å². The maximum Gasteiger partial charge on any atom is 0.235 e. The van der Waals surface area contributed by atoms with Gasteiger partial charge in [0.15, 0.2) is 5.58 Å². The van der Waals surface area contributed by atoms with Crippen molar-refractivity contribution in [2.75, 3.05) is 0 Å². The summed E-state index contributed by atoms with van der Waals surface area (Å²) in [6.45, 7) is 0. The van der Waals surface area contributed by atoms with Crippen molar-refractivity contribution in [2.45, 2.75) is 0 Å². The molecule has 5 aromatic heterocycles. The largest absolute Gasteiger partial charge is 0.454 e. The van der Waals surface area contributed by atoms with E-state index < -0.39 is 0 Å². The number of fused-ring (bicyclic) bond motifs is 14. The van der Waals surface area contributed by atoms with Crippen LogP contribution in [0.15, 0.2) is 193 Å². The molecule has 59 heavy (non-hydrogen) atoms. The van der Waals surface area contributed by atoms with Gasteiger partial charge in [-0.25, -0.2) is 9.97 Å². The van der Waals surface area contributed by atoms with E-state index in [0.717, 1.165) is 93.6 Å². The van der Waals surface area contributed by atoms with Crippen LogP contribution in [0.2, 0.25) is 0 Å². The first-order chi connectivity index (χ1) is 29.3. The molecule has 0 spiro atoms. The van der Waals surface area contributed by atoms with Crippen molar-refractivity contribution in [3.63, 3.8) is 0 Å². The number of hydrogen-bond acceptors (Lipinski definition) is 4. The SMILES string of the molecule is c1ccc(-c2nc(-n3c4ccc(-c5ccc6c(c5)c5ccccc5n6-c5ccccc5)cc4c4c5cccnc5c5c6ccccc6oc5c43)nc3ccccc23)cc1. The minimum Gasteiger partial charge on any atom is -0.454 e. The van der Waals surface area contributed by atoms with E-state index in [4.69, 9.17) is 19.4 Å². The van der Waals surface area contributed by atoms with Crippen LogP contribution in [0.4, 0.5) is 0 Å². The number of aromatic nitrogens is 5. The van der Waals surface area contributed by atoms with Crippen molar-refractivity contribution in [1.29, 1.82) is 0 Å². The fourth-order valence-corrected chi connectivity index (χ4v) is 9.41. The van der Waals surface area contributed by atoms with Crippen LogP contribution in [0.1, 0.15) is 0 Å². The predicted molar refractivity (Wildman–Crippen MR) is 242 cm³/mol. The van der Waals surface area contributed by atoms with Gasteiger partial charge in [-0.1, -0.05) is 121 Å². The fourth-order valence-electron chi connectivity index (χ4n) is 9.41. The molecule has 0 bridgehead atoms. The summed E-state index contributed by atoms with van der Waals surface area (Å²) < 4.78 is 11.5. The molecule has 0 atom stereocenters. The van der Waals surface area contributed by atoms with E-state index in [1.54, 1.807) is 0 Å². The van der Waals surface area contributed by atoms with Gasteiger partial charge < -0.3 is 8.98 Å². The molecule has 0 saturated carbocycles. The highest BCUT2D eigenvalue weighted by molar-refractivity contribution is 6.34. The van der Waals surface area contributed by atoms with Gasteiger partial charge in [-0.05, 0) is 71.8 Å². The Bertz CT molecular complexity index is 3840. The summed E-state index contributed by atoms with van der Waals surface area (Å²) in [5.74, 6) is 0.579. The molecule has 6 heteroatoms. The summed E-state index contributed by atoms with van der Waals surface area (Å²) in [6, 6.07) is 64.0. The highest BCUT2D eigenvalue weighted by Gasteiger charge is 2.26. The molecule has 274 valence electrons. The zero-order valence-corrected chi connectivity index (χ0v) is 31.5. The molecule has 13 rings (SSSR count). The summed E-state index contributed by atoms with van der Waals surface area (Å²) in [4.78, 5) is 15.8. The summed E-state index contributed by atoms with van der Waals surface area (Å²) in [6.07, 6.45) is 1.87. The Hall–Kier alpha value is -8.09. The van der Waals surface area contributed by atoms with Crippen molar-refractivity contribution in [3.8, 4) is 34.0 Å². The molecule has 5 heterocycles. The first-order valence-corrected chi connectivity index (χ1v) is 19.9. The molecule has 0 unspecified atom stereocenters. The second-order valence-electron chi connectivity index (χ2n) is 15.2. The minimum absolute atomic E-state index is 0.579. The number of nitrogens with zero attached hydrogens (tertiary/aromatic N) is 5. The third-order valence-electron chi connectivity index (χ3n) is 12.0. The Labute approximate surface area is 336 Å². The highest BCUT2D eigenvalue weighted by atomic mass is 16.3. The average Bonchev–Trinajstić information content (AvgIpc) is 3.97. The number of benzene rings is 8. The average molecular weight is 754 g/mol. The van der Waals surface area contributed by atoms with E-state index in [9.17, 15) is 0 Å². The van der Waals surface area contributed by atoms with Crippen molar-refractivity contribution in [1.82, 2.24) is 24.1 Å². The van der Waals surface area contributed by atoms with Crippen LogP contribution in [-0.4, -0.2) is 24.1 Å². The zero-order chi connectivity index (χ0) is 38.6. The zero-order valence-electron chi connectivity index (χ0n) is 31.5.